The summed E-state index contributed by atoms with van der Waals surface area (Å²) < 4.78 is 0. The van der Waals surface area contributed by atoms with Gasteiger partial charge in [-0.15, -0.1) is 11.3 Å². The van der Waals surface area contributed by atoms with E-state index in [1.807, 2.05) is 32.8 Å². The Morgan fingerprint density at radius 3 is 2.55 bits per heavy atom. The Balaban J connectivity index is 2.19. The third-order valence-corrected chi connectivity index (χ3v) is 4.85. The van der Waals surface area contributed by atoms with Crippen LogP contribution in [0, 0.1) is 6.92 Å². The van der Waals surface area contributed by atoms with Crippen molar-refractivity contribution in [1.82, 2.24) is 9.97 Å². The maximum absolute atomic E-state index is 12.2. The van der Waals surface area contributed by atoms with Crippen LogP contribution in [-0.2, 0) is 6.42 Å². The Kier molecular flexibility index (Phi) is 4.24. The maximum Gasteiger partial charge on any atom is 0.271 e. The highest BCUT2D eigenvalue weighted by atomic mass is 32.1. The highest BCUT2D eigenvalue weighted by Crippen LogP contribution is 2.29. The van der Waals surface area contributed by atoms with Crippen LogP contribution in [-0.4, -0.2) is 30.0 Å². The van der Waals surface area contributed by atoms with Gasteiger partial charge in [0.25, 0.3) is 5.91 Å². The van der Waals surface area contributed by atoms with Crippen LogP contribution >= 0.6 is 22.7 Å². The number of carbonyl (C=O) groups excluding carboxylic acids is 1. The van der Waals surface area contributed by atoms with Gasteiger partial charge in [-0.3, -0.25) is 10.1 Å². The zero-order valence-electron chi connectivity index (χ0n) is 11.9. The predicted octanol–water partition coefficient (Wildman–Crippen LogP) is 2.37. The van der Waals surface area contributed by atoms with Gasteiger partial charge in [-0.1, -0.05) is 18.3 Å². The zero-order chi connectivity index (χ0) is 14.9. The molecule has 8 heteroatoms. The monoisotopic (exact) mass is 311 g/mol. The van der Waals surface area contributed by atoms with E-state index in [1.54, 1.807) is 0 Å². The first-order valence-corrected chi connectivity index (χ1v) is 7.77. The van der Waals surface area contributed by atoms with E-state index in [2.05, 4.69) is 15.3 Å². The summed E-state index contributed by atoms with van der Waals surface area (Å²) >= 11 is 2.74. The molecule has 108 valence electrons. The summed E-state index contributed by atoms with van der Waals surface area (Å²) in [5.41, 5.74) is 6.80. The second-order valence-electron chi connectivity index (χ2n) is 4.43. The first-order chi connectivity index (χ1) is 9.42. The molecule has 2 aromatic rings. The molecule has 0 bridgehead atoms. The molecule has 0 aliphatic carbocycles. The predicted molar refractivity (Wildman–Crippen MR) is 85.0 cm³/mol. The standard InChI is InChI=1S/C12H17N5OS2/c1-5-7-6(2)19-11(14-7)16-10(18)8-9(13)15-12(20-8)17(3)4/h5,13H2,1-4H3,(H,14,16,18). The topological polar surface area (TPSA) is 84.1 Å². The third-order valence-electron chi connectivity index (χ3n) is 2.68. The SMILES string of the molecule is CCc1nc(NC(=O)c2sc(N(C)C)nc2N)sc1C. The fourth-order valence-corrected chi connectivity index (χ4v) is 3.34. The fraction of sp³-hybridized carbons (Fsp3) is 0.417. The normalized spacial score (nSPS) is 10.6. The smallest absolute Gasteiger partial charge is 0.271 e. The van der Waals surface area contributed by atoms with Crippen LogP contribution in [0.4, 0.5) is 16.1 Å². The molecule has 2 aromatic heterocycles. The first kappa shape index (κ1) is 14.7. The number of nitrogen functional groups attached to an aromatic ring is 1. The Morgan fingerprint density at radius 2 is 2.05 bits per heavy atom. The molecule has 0 radical (unpaired) electrons. The molecule has 0 saturated heterocycles. The van der Waals surface area contributed by atoms with Gasteiger partial charge in [0.1, 0.15) is 10.7 Å². The number of anilines is 3. The minimum absolute atomic E-state index is 0.250. The number of thiazole rings is 2. The summed E-state index contributed by atoms with van der Waals surface area (Å²) in [5, 5.41) is 4.09. The quantitative estimate of drug-likeness (QED) is 0.905. The lowest BCUT2D eigenvalue weighted by molar-refractivity contribution is 0.103. The van der Waals surface area contributed by atoms with Crippen LogP contribution in [0.2, 0.25) is 0 Å². The summed E-state index contributed by atoms with van der Waals surface area (Å²) in [7, 11) is 3.72. The largest absolute Gasteiger partial charge is 0.382 e. The molecule has 0 saturated carbocycles. The number of aryl methyl sites for hydroxylation is 2. The van der Waals surface area contributed by atoms with Crippen LogP contribution in [0.1, 0.15) is 27.2 Å². The molecule has 0 unspecified atom stereocenters. The van der Waals surface area contributed by atoms with Crippen molar-refractivity contribution in [3.05, 3.63) is 15.4 Å². The number of amides is 1. The van der Waals surface area contributed by atoms with Crippen LogP contribution in [0.3, 0.4) is 0 Å². The Morgan fingerprint density at radius 1 is 1.35 bits per heavy atom. The van der Waals surface area contributed by atoms with E-state index in [-0.39, 0.29) is 11.7 Å². The molecule has 20 heavy (non-hydrogen) atoms. The average Bonchev–Trinajstić information content (AvgIpc) is 2.92. The van der Waals surface area contributed by atoms with Crippen LogP contribution in [0.15, 0.2) is 0 Å². The van der Waals surface area contributed by atoms with E-state index in [1.165, 1.54) is 22.7 Å². The molecule has 1 amide bonds. The lowest BCUT2D eigenvalue weighted by Gasteiger charge is -2.04. The van der Waals surface area contributed by atoms with Crippen molar-refractivity contribution >= 4 is 44.7 Å². The van der Waals surface area contributed by atoms with E-state index in [0.29, 0.717) is 15.1 Å². The van der Waals surface area contributed by atoms with Crippen molar-refractivity contribution in [1.29, 1.82) is 0 Å². The van der Waals surface area contributed by atoms with E-state index < -0.39 is 0 Å². The second-order valence-corrected chi connectivity index (χ2v) is 6.62. The second kappa shape index (κ2) is 5.76. The van der Waals surface area contributed by atoms with Gasteiger partial charge in [0.2, 0.25) is 0 Å². The summed E-state index contributed by atoms with van der Waals surface area (Å²) in [5.74, 6) is -0.00954. The molecular formula is C12H17N5OS2. The minimum atomic E-state index is -0.260. The van der Waals surface area contributed by atoms with Crippen molar-refractivity contribution < 1.29 is 4.79 Å². The van der Waals surface area contributed by atoms with Crippen molar-refractivity contribution in [2.45, 2.75) is 20.3 Å². The molecule has 2 heterocycles. The van der Waals surface area contributed by atoms with E-state index in [9.17, 15) is 4.79 Å². The molecule has 2 rings (SSSR count). The van der Waals surface area contributed by atoms with E-state index >= 15 is 0 Å². The van der Waals surface area contributed by atoms with Gasteiger partial charge in [0, 0.05) is 19.0 Å². The van der Waals surface area contributed by atoms with Gasteiger partial charge in [-0.25, -0.2) is 9.97 Å². The van der Waals surface area contributed by atoms with Gasteiger partial charge in [0.05, 0.1) is 5.69 Å². The number of hydrogen-bond acceptors (Lipinski definition) is 7. The van der Waals surface area contributed by atoms with Crippen LogP contribution < -0.4 is 16.0 Å². The number of nitrogens with zero attached hydrogens (tertiary/aromatic N) is 3. The van der Waals surface area contributed by atoms with Crippen molar-refractivity contribution in [2.75, 3.05) is 30.0 Å². The summed E-state index contributed by atoms with van der Waals surface area (Å²) in [6.45, 7) is 4.04. The van der Waals surface area contributed by atoms with Gasteiger partial charge in [-0.05, 0) is 13.3 Å². The summed E-state index contributed by atoms with van der Waals surface area (Å²) in [6, 6.07) is 0. The first-order valence-electron chi connectivity index (χ1n) is 6.13. The molecule has 0 aromatic carbocycles. The molecule has 0 aliphatic heterocycles. The minimum Gasteiger partial charge on any atom is -0.382 e. The molecular weight excluding hydrogens is 294 g/mol. The molecule has 6 nitrogen and oxygen atoms in total. The van der Waals surface area contributed by atoms with Crippen LogP contribution in [0.25, 0.3) is 0 Å². The van der Waals surface area contributed by atoms with Gasteiger partial charge >= 0.3 is 0 Å². The highest BCUT2D eigenvalue weighted by molar-refractivity contribution is 7.18. The zero-order valence-corrected chi connectivity index (χ0v) is 13.5. The van der Waals surface area contributed by atoms with Crippen molar-refractivity contribution in [2.24, 2.45) is 0 Å². The Labute approximate surface area is 125 Å². The number of rotatable bonds is 4. The summed E-state index contributed by atoms with van der Waals surface area (Å²) in [6.07, 6.45) is 0.853. The van der Waals surface area contributed by atoms with Gasteiger partial charge < -0.3 is 10.6 Å². The van der Waals surface area contributed by atoms with Crippen LogP contribution in [0.5, 0.6) is 0 Å². The molecule has 0 spiro atoms. The Bertz CT molecular complexity index is 632. The number of aromatic nitrogens is 2. The van der Waals surface area contributed by atoms with E-state index in [4.69, 9.17) is 5.73 Å². The number of nitrogens with two attached hydrogens (primary N) is 1. The number of hydrogen-bond donors (Lipinski definition) is 2. The summed E-state index contributed by atoms with van der Waals surface area (Å²) in [4.78, 5) is 24.1. The maximum atomic E-state index is 12.2. The molecule has 3 N–H and O–H groups in total. The lowest BCUT2D eigenvalue weighted by Crippen LogP contribution is -2.12. The lowest BCUT2D eigenvalue weighted by atomic mass is 10.3. The number of nitrogens with one attached hydrogen (secondary N) is 1. The van der Waals surface area contributed by atoms with Gasteiger partial charge in [0.15, 0.2) is 10.3 Å². The molecule has 0 atom stereocenters. The van der Waals surface area contributed by atoms with E-state index in [0.717, 1.165) is 17.0 Å². The molecule has 0 fully saturated rings. The number of carbonyl (C=O) groups is 1. The average molecular weight is 311 g/mol. The van der Waals surface area contributed by atoms with Crippen molar-refractivity contribution in [3.63, 3.8) is 0 Å². The third kappa shape index (κ3) is 2.91. The highest BCUT2D eigenvalue weighted by Gasteiger charge is 2.18. The Hall–Kier alpha value is -1.67. The molecule has 0 aliphatic rings. The van der Waals surface area contributed by atoms with Gasteiger partial charge in [-0.2, -0.15) is 0 Å². The van der Waals surface area contributed by atoms with Crippen molar-refractivity contribution in [3.8, 4) is 0 Å². The fourth-order valence-electron chi connectivity index (χ4n) is 1.64.